The first-order chi connectivity index (χ1) is 10.5. The molecule has 0 radical (unpaired) electrons. The lowest BCUT2D eigenvalue weighted by molar-refractivity contribution is -0.119. The summed E-state index contributed by atoms with van der Waals surface area (Å²) in [6.45, 7) is 1.90. The normalized spacial score (nSPS) is 22.4. The van der Waals surface area contributed by atoms with Crippen LogP contribution in [0.2, 0.25) is 10.0 Å². The topological polar surface area (TPSA) is 23.6 Å². The van der Waals surface area contributed by atoms with Gasteiger partial charge in [0, 0.05) is 5.02 Å². The zero-order chi connectivity index (χ0) is 15.9. The largest absolute Gasteiger partial charge is 0.289 e. The first kappa shape index (κ1) is 15.3. The third-order valence-electron chi connectivity index (χ3n) is 4.10. The van der Waals surface area contributed by atoms with Crippen LogP contribution in [-0.2, 0) is 4.79 Å². The van der Waals surface area contributed by atoms with E-state index in [1.807, 2.05) is 49.2 Å². The third-order valence-corrected chi connectivity index (χ3v) is 4.64. The van der Waals surface area contributed by atoms with Crippen molar-refractivity contribution in [3.63, 3.8) is 0 Å². The van der Waals surface area contributed by atoms with E-state index in [0.29, 0.717) is 15.7 Å². The van der Waals surface area contributed by atoms with Gasteiger partial charge in [-0.05, 0) is 37.7 Å². The van der Waals surface area contributed by atoms with Crippen LogP contribution in [0, 0.1) is 0 Å². The highest BCUT2D eigenvalue weighted by Crippen LogP contribution is 2.40. The van der Waals surface area contributed by atoms with Gasteiger partial charge in [-0.2, -0.15) is 0 Å². The molecule has 114 valence electrons. The molecule has 2 atom stereocenters. The summed E-state index contributed by atoms with van der Waals surface area (Å²) in [7, 11) is 1.95. The number of hydrogen-bond acceptors (Lipinski definition) is 2. The van der Waals surface area contributed by atoms with E-state index in [9.17, 15) is 4.79 Å². The van der Waals surface area contributed by atoms with Crippen LogP contribution in [0.3, 0.4) is 0 Å². The molecular formula is C17H16Cl2N2O. The average molecular weight is 335 g/mol. The number of rotatable bonds is 2. The predicted octanol–water partition coefficient (Wildman–Crippen LogP) is 4.36. The number of amides is 1. The maximum absolute atomic E-state index is 12.7. The highest BCUT2D eigenvalue weighted by molar-refractivity contribution is 6.36. The Kier molecular flexibility index (Phi) is 4.13. The lowest BCUT2D eigenvalue weighted by Gasteiger charge is -2.29. The van der Waals surface area contributed by atoms with E-state index in [0.717, 1.165) is 5.56 Å². The lowest BCUT2D eigenvalue weighted by Crippen LogP contribution is -2.31. The summed E-state index contributed by atoms with van der Waals surface area (Å²) >= 11 is 12.3. The van der Waals surface area contributed by atoms with E-state index in [4.69, 9.17) is 23.2 Å². The maximum atomic E-state index is 12.7. The summed E-state index contributed by atoms with van der Waals surface area (Å²) in [5, 5.41) is 1.03. The van der Waals surface area contributed by atoms with Crippen LogP contribution in [0.15, 0.2) is 48.5 Å². The van der Waals surface area contributed by atoms with E-state index in [1.165, 1.54) is 0 Å². The summed E-state index contributed by atoms with van der Waals surface area (Å²) in [5.41, 5.74) is 1.73. The van der Waals surface area contributed by atoms with E-state index in [-0.39, 0.29) is 18.1 Å². The molecule has 22 heavy (non-hydrogen) atoms. The molecule has 0 saturated carbocycles. The Bertz CT molecular complexity index is 705. The van der Waals surface area contributed by atoms with Crippen molar-refractivity contribution in [2.45, 2.75) is 19.1 Å². The number of halogens is 2. The molecule has 0 N–H and O–H groups in total. The number of carbonyl (C=O) groups is 1. The van der Waals surface area contributed by atoms with E-state index < -0.39 is 0 Å². The third kappa shape index (κ3) is 2.50. The molecule has 2 aromatic carbocycles. The molecule has 0 aromatic heterocycles. The smallest absolute Gasteiger partial charge is 0.245 e. The Labute approximate surface area is 140 Å². The molecule has 1 aliphatic rings. The van der Waals surface area contributed by atoms with Crippen molar-refractivity contribution in [2.24, 2.45) is 0 Å². The minimum absolute atomic E-state index is 0.0283. The number of likely N-dealkylation sites (N-methyl/N-ethyl adjacent to an activating group) is 1. The predicted molar refractivity (Wildman–Crippen MR) is 90.4 cm³/mol. The number of benzene rings is 2. The SMILES string of the molecule is C[C@H]1C(=O)N(c2ccc(Cl)cc2Cl)C(c2ccccc2)N1C. The highest BCUT2D eigenvalue weighted by Gasteiger charge is 2.43. The van der Waals surface area contributed by atoms with Gasteiger partial charge in [-0.3, -0.25) is 14.6 Å². The van der Waals surface area contributed by atoms with Gasteiger partial charge in [-0.15, -0.1) is 0 Å². The van der Waals surface area contributed by atoms with Crippen LogP contribution in [0.25, 0.3) is 0 Å². The van der Waals surface area contributed by atoms with Crippen LogP contribution in [0.5, 0.6) is 0 Å². The molecule has 2 aromatic rings. The summed E-state index contributed by atoms with van der Waals surface area (Å²) in [6.07, 6.45) is -0.178. The lowest BCUT2D eigenvalue weighted by atomic mass is 10.1. The molecule has 1 unspecified atom stereocenters. The van der Waals surface area contributed by atoms with Gasteiger partial charge in [0.1, 0.15) is 6.17 Å². The zero-order valence-corrected chi connectivity index (χ0v) is 13.8. The van der Waals surface area contributed by atoms with E-state index >= 15 is 0 Å². The minimum atomic E-state index is -0.211. The number of nitrogens with zero attached hydrogens (tertiary/aromatic N) is 2. The van der Waals surface area contributed by atoms with Crippen molar-refractivity contribution in [1.29, 1.82) is 0 Å². The Morgan fingerprint density at radius 1 is 1.05 bits per heavy atom. The van der Waals surface area contributed by atoms with E-state index in [2.05, 4.69) is 0 Å². The van der Waals surface area contributed by atoms with Gasteiger partial charge < -0.3 is 0 Å². The molecule has 5 heteroatoms. The molecule has 3 nitrogen and oxygen atoms in total. The molecule has 0 bridgehead atoms. The van der Waals surface area contributed by atoms with Gasteiger partial charge in [0.2, 0.25) is 5.91 Å². The Morgan fingerprint density at radius 2 is 1.73 bits per heavy atom. The fourth-order valence-electron chi connectivity index (χ4n) is 2.83. The van der Waals surface area contributed by atoms with E-state index in [1.54, 1.807) is 23.1 Å². The van der Waals surface area contributed by atoms with Gasteiger partial charge in [0.25, 0.3) is 0 Å². The first-order valence-electron chi connectivity index (χ1n) is 7.05. The summed E-state index contributed by atoms with van der Waals surface area (Å²) in [4.78, 5) is 16.5. The van der Waals surface area contributed by atoms with Gasteiger partial charge in [0.05, 0.1) is 16.8 Å². The second-order valence-corrected chi connectivity index (χ2v) is 6.27. The summed E-state index contributed by atoms with van der Waals surface area (Å²) in [6, 6.07) is 14.9. The highest BCUT2D eigenvalue weighted by atomic mass is 35.5. The minimum Gasteiger partial charge on any atom is -0.289 e. The molecule has 0 spiro atoms. The van der Waals surface area contributed by atoms with Crippen LogP contribution >= 0.6 is 23.2 Å². The summed E-state index contributed by atoms with van der Waals surface area (Å²) < 4.78 is 0. The standard InChI is InChI=1S/C17H16Cl2N2O/c1-11-17(22)21(15-9-8-13(18)10-14(15)19)16(20(11)2)12-6-4-3-5-7-12/h3-11,16H,1-2H3/t11-,16?/m0/s1. The van der Waals surface area contributed by atoms with Crippen molar-refractivity contribution in [1.82, 2.24) is 4.90 Å². The number of hydrogen-bond donors (Lipinski definition) is 0. The number of anilines is 1. The van der Waals surface area contributed by atoms with Gasteiger partial charge >= 0.3 is 0 Å². The zero-order valence-electron chi connectivity index (χ0n) is 12.3. The van der Waals surface area contributed by atoms with Crippen LogP contribution < -0.4 is 4.90 Å². The Hall–Kier alpha value is -1.55. The van der Waals surface area contributed by atoms with Crippen LogP contribution in [0.1, 0.15) is 18.7 Å². The van der Waals surface area contributed by atoms with Crippen LogP contribution in [-0.4, -0.2) is 23.9 Å². The average Bonchev–Trinajstić information content (AvgIpc) is 2.73. The molecule has 1 saturated heterocycles. The second kappa shape index (κ2) is 5.92. The second-order valence-electron chi connectivity index (χ2n) is 5.43. The summed E-state index contributed by atoms with van der Waals surface area (Å²) in [5.74, 6) is 0.0283. The van der Waals surface area contributed by atoms with Crippen molar-refractivity contribution in [3.05, 3.63) is 64.1 Å². The molecule has 1 fully saturated rings. The quantitative estimate of drug-likeness (QED) is 0.814. The fraction of sp³-hybridized carbons (Fsp3) is 0.235. The maximum Gasteiger partial charge on any atom is 0.245 e. The molecule has 1 aliphatic heterocycles. The monoisotopic (exact) mass is 334 g/mol. The van der Waals surface area contributed by atoms with Crippen molar-refractivity contribution in [3.8, 4) is 0 Å². The van der Waals surface area contributed by atoms with Gasteiger partial charge in [-0.25, -0.2) is 0 Å². The fourth-order valence-corrected chi connectivity index (χ4v) is 3.33. The van der Waals surface area contributed by atoms with Crippen molar-refractivity contribution < 1.29 is 4.79 Å². The molecule has 3 rings (SSSR count). The van der Waals surface area contributed by atoms with Gasteiger partial charge in [0.15, 0.2) is 0 Å². The Balaban J connectivity index is 2.12. The number of carbonyl (C=O) groups excluding carboxylic acids is 1. The van der Waals surface area contributed by atoms with Crippen molar-refractivity contribution >= 4 is 34.8 Å². The molecule has 1 heterocycles. The first-order valence-corrected chi connectivity index (χ1v) is 7.81. The van der Waals surface area contributed by atoms with Crippen LogP contribution in [0.4, 0.5) is 5.69 Å². The molecule has 1 amide bonds. The Morgan fingerprint density at radius 3 is 2.36 bits per heavy atom. The van der Waals surface area contributed by atoms with Gasteiger partial charge in [-0.1, -0.05) is 53.5 Å². The van der Waals surface area contributed by atoms with Crippen molar-refractivity contribution in [2.75, 3.05) is 11.9 Å². The molecular weight excluding hydrogens is 319 g/mol. The molecule has 0 aliphatic carbocycles.